The van der Waals surface area contributed by atoms with Crippen LogP contribution in [0.5, 0.6) is 0 Å². The number of amides is 1. The van der Waals surface area contributed by atoms with Crippen LogP contribution in [0.2, 0.25) is 0 Å². The van der Waals surface area contributed by atoms with Crippen molar-refractivity contribution in [2.24, 2.45) is 0 Å². The van der Waals surface area contributed by atoms with E-state index in [1.54, 1.807) is 18.3 Å². The van der Waals surface area contributed by atoms with Crippen LogP contribution < -0.4 is 5.32 Å². The molecule has 7 nitrogen and oxygen atoms in total. The first kappa shape index (κ1) is 18.8. The first-order chi connectivity index (χ1) is 13.1. The molecule has 1 amide bonds. The second kappa shape index (κ2) is 8.59. The Labute approximate surface area is 161 Å². The number of Topliss-reactive ketones (excluding diaryl/α,β-unsaturated/α-hetero) is 1. The van der Waals surface area contributed by atoms with Crippen LogP contribution in [0, 0.1) is 0 Å². The monoisotopic (exact) mass is 381 g/mol. The zero-order chi connectivity index (χ0) is 19.2. The number of pyridine rings is 1. The number of rotatable bonds is 7. The third kappa shape index (κ3) is 4.59. The molecule has 2 heterocycles. The van der Waals surface area contributed by atoms with Gasteiger partial charge in [-0.2, -0.15) is 0 Å². The van der Waals surface area contributed by atoms with E-state index in [-0.39, 0.29) is 17.4 Å². The van der Waals surface area contributed by atoms with Crippen LogP contribution in [0.3, 0.4) is 0 Å². The lowest BCUT2D eigenvalue weighted by Gasteiger charge is -2.08. The fourth-order valence-electron chi connectivity index (χ4n) is 2.48. The highest BCUT2D eigenvalue weighted by atomic mass is 32.2. The standard InChI is InChI=1S/C19H19N5O2S/c1-3-24-18(14-9-10-16(13(2)25)20-11-14)22-23-19(24)27-12-17(26)21-15-7-5-4-6-8-15/h4-11H,3,12H2,1-2H3,(H,21,26). The molecule has 3 aromatic rings. The number of benzene rings is 1. The molecule has 0 saturated heterocycles. The van der Waals surface area contributed by atoms with Gasteiger partial charge in [0.1, 0.15) is 5.69 Å². The Hall–Kier alpha value is -3.00. The highest BCUT2D eigenvalue weighted by molar-refractivity contribution is 7.99. The highest BCUT2D eigenvalue weighted by Crippen LogP contribution is 2.24. The van der Waals surface area contributed by atoms with Crippen LogP contribution in [0.1, 0.15) is 24.3 Å². The van der Waals surface area contributed by atoms with E-state index in [0.29, 0.717) is 23.2 Å². The van der Waals surface area contributed by atoms with Crippen LogP contribution in [-0.2, 0) is 11.3 Å². The normalized spacial score (nSPS) is 10.6. The number of ketones is 1. The Morgan fingerprint density at radius 2 is 1.89 bits per heavy atom. The van der Waals surface area contributed by atoms with Gasteiger partial charge in [0.05, 0.1) is 5.75 Å². The van der Waals surface area contributed by atoms with E-state index in [0.717, 1.165) is 11.3 Å². The maximum atomic E-state index is 12.1. The lowest BCUT2D eigenvalue weighted by atomic mass is 10.2. The Balaban J connectivity index is 1.70. The van der Waals surface area contributed by atoms with E-state index in [1.807, 2.05) is 41.8 Å². The molecule has 0 atom stereocenters. The molecule has 0 unspecified atom stereocenters. The molecule has 27 heavy (non-hydrogen) atoms. The number of nitrogens with one attached hydrogen (secondary N) is 1. The smallest absolute Gasteiger partial charge is 0.234 e. The second-order valence-electron chi connectivity index (χ2n) is 5.74. The van der Waals surface area contributed by atoms with E-state index in [1.165, 1.54) is 18.7 Å². The molecule has 3 rings (SSSR count). The zero-order valence-electron chi connectivity index (χ0n) is 15.0. The van der Waals surface area contributed by atoms with Gasteiger partial charge >= 0.3 is 0 Å². The van der Waals surface area contributed by atoms with Gasteiger partial charge in [-0.15, -0.1) is 10.2 Å². The molecule has 0 bridgehead atoms. The van der Waals surface area contributed by atoms with E-state index < -0.39 is 0 Å². The number of carbonyl (C=O) groups is 2. The van der Waals surface area contributed by atoms with Crippen molar-refractivity contribution in [2.75, 3.05) is 11.1 Å². The Morgan fingerprint density at radius 3 is 2.52 bits per heavy atom. The largest absolute Gasteiger partial charge is 0.325 e. The summed E-state index contributed by atoms with van der Waals surface area (Å²) in [5.74, 6) is 0.699. The summed E-state index contributed by atoms with van der Waals surface area (Å²) in [5.41, 5.74) is 1.95. The van der Waals surface area contributed by atoms with E-state index >= 15 is 0 Å². The Kier molecular flexibility index (Phi) is 5.97. The topological polar surface area (TPSA) is 89.8 Å². The Bertz CT molecular complexity index is 938. The molecule has 1 N–H and O–H groups in total. The fourth-order valence-corrected chi connectivity index (χ4v) is 3.28. The number of nitrogens with zero attached hydrogens (tertiary/aromatic N) is 4. The average Bonchev–Trinajstić information content (AvgIpc) is 3.10. The molecule has 2 aromatic heterocycles. The maximum Gasteiger partial charge on any atom is 0.234 e. The van der Waals surface area contributed by atoms with Crippen molar-refractivity contribution in [2.45, 2.75) is 25.5 Å². The van der Waals surface area contributed by atoms with E-state index in [2.05, 4.69) is 20.5 Å². The SMILES string of the molecule is CCn1c(SCC(=O)Nc2ccccc2)nnc1-c1ccc(C(C)=O)nc1. The van der Waals surface area contributed by atoms with Crippen LogP contribution in [-0.4, -0.2) is 37.2 Å². The van der Waals surface area contributed by atoms with Crippen molar-refractivity contribution >= 4 is 29.1 Å². The third-order valence-electron chi connectivity index (χ3n) is 3.81. The van der Waals surface area contributed by atoms with Gasteiger partial charge in [0, 0.05) is 30.9 Å². The van der Waals surface area contributed by atoms with Gasteiger partial charge in [0.25, 0.3) is 0 Å². The quantitative estimate of drug-likeness (QED) is 0.499. The minimum Gasteiger partial charge on any atom is -0.325 e. The molecule has 0 radical (unpaired) electrons. The minimum absolute atomic E-state index is 0.0841. The predicted octanol–water partition coefficient (Wildman–Crippen LogP) is 3.29. The van der Waals surface area contributed by atoms with Crippen molar-refractivity contribution < 1.29 is 9.59 Å². The fraction of sp³-hybridized carbons (Fsp3) is 0.211. The zero-order valence-corrected chi connectivity index (χ0v) is 15.9. The highest BCUT2D eigenvalue weighted by Gasteiger charge is 2.15. The van der Waals surface area contributed by atoms with Crippen LogP contribution in [0.25, 0.3) is 11.4 Å². The summed E-state index contributed by atoms with van der Waals surface area (Å²) in [4.78, 5) is 27.7. The molecule has 0 aliphatic carbocycles. The van der Waals surface area contributed by atoms with Gasteiger partial charge in [-0.25, -0.2) is 0 Å². The molecule has 138 valence electrons. The molecule has 0 aliphatic heterocycles. The van der Waals surface area contributed by atoms with Crippen molar-refractivity contribution in [1.29, 1.82) is 0 Å². The minimum atomic E-state index is -0.106. The van der Waals surface area contributed by atoms with Crippen LogP contribution >= 0.6 is 11.8 Å². The number of thioether (sulfide) groups is 1. The number of para-hydroxylation sites is 1. The van der Waals surface area contributed by atoms with Crippen molar-refractivity contribution in [3.8, 4) is 11.4 Å². The van der Waals surface area contributed by atoms with Crippen LogP contribution in [0.4, 0.5) is 5.69 Å². The van der Waals surface area contributed by atoms with Gasteiger partial charge in [-0.1, -0.05) is 30.0 Å². The van der Waals surface area contributed by atoms with Crippen molar-refractivity contribution in [1.82, 2.24) is 19.7 Å². The molecule has 0 aliphatic rings. The number of hydrogen-bond donors (Lipinski definition) is 1. The average molecular weight is 381 g/mol. The summed E-state index contributed by atoms with van der Waals surface area (Å²) < 4.78 is 1.92. The molecule has 0 spiro atoms. The van der Waals surface area contributed by atoms with Gasteiger partial charge in [0.15, 0.2) is 16.8 Å². The Morgan fingerprint density at radius 1 is 1.11 bits per heavy atom. The van der Waals surface area contributed by atoms with Gasteiger partial charge < -0.3 is 9.88 Å². The number of carbonyl (C=O) groups excluding carboxylic acids is 2. The van der Waals surface area contributed by atoms with E-state index in [4.69, 9.17) is 0 Å². The number of aromatic nitrogens is 4. The molecule has 1 aromatic carbocycles. The molecule has 8 heteroatoms. The molecular formula is C19H19N5O2S. The third-order valence-corrected chi connectivity index (χ3v) is 4.77. The van der Waals surface area contributed by atoms with Gasteiger partial charge in [-0.05, 0) is 31.2 Å². The summed E-state index contributed by atoms with van der Waals surface area (Å²) in [7, 11) is 0. The predicted molar refractivity (Wildman–Crippen MR) is 105 cm³/mol. The van der Waals surface area contributed by atoms with E-state index in [9.17, 15) is 9.59 Å². The molecule has 0 saturated carbocycles. The number of anilines is 1. The summed E-state index contributed by atoms with van der Waals surface area (Å²) in [6.45, 7) is 4.11. The summed E-state index contributed by atoms with van der Waals surface area (Å²) >= 11 is 1.33. The number of hydrogen-bond acceptors (Lipinski definition) is 6. The molecule has 0 fully saturated rings. The van der Waals surface area contributed by atoms with Crippen LogP contribution in [0.15, 0.2) is 53.8 Å². The summed E-state index contributed by atoms with van der Waals surface area (Å²) in [6, 6.07) is 12.8. The first-order valence-electron chi connectivity index (χ1n) is 8.46. The van der Waals surface area contributed by atoms with Crippen molar-refractivity contribution in [3.63, 3.8) is 0 Å². The lowest BCUT2D eigenvalue weighted by molar-refractivity contribution is -0.113. The summed E-state index contributed by atoms with van der Waals surface area (Å²) in [6.07, 6.45) is 1.61. The van der Waals surface area contributed by atoms with Crippen molar-refractivity contribution in [3.05, 3.63) is 54.4 Å². The first-order valence-corrected chi connectivity index (χ1v) is 9.45. The van der Waals surface area contributed by atoms with Gasteiger partial charge in [0.2, 0.25) is 5.91 Å². The summed E-state index contributed by atoms with van der Waals surface area (Å²) in [5, 5.41) is 11.9. The lowest BCUT2D eigenvalue weighted by Crippen LogP contribution is -2.14. The second-order valence-corrected chi connectivity index (χ2v) is 6.68. The van der Waals surface area contributed by atoms with Gasteiger partial charge in [-0.3, -0.25) is 14.6 Å². The molecular weight excluding hydrogens is 362 g/mol. The maximum absolute atomic E-state index is 12.1.